The van der Waals surface area contributed by atoms with Gasteiger partial charge in [-0.15, -0.1) is 6.58 Å². The average molecular weight is 323 g/mol. The number of nitrogens with zero attached hydrogens (tertiary/aromatic N) is 1. The molecule has 1 aromatic heterocycles. The van der Waals surface area contributed by atoms with E-state index in [1.54, 1.807) is 19.9 Å². The minimum Gasteiger partial charge on any atom is -0.469 e. The van der Waals surface area contributed by atoms with Crippen LogP contribution in [0.1, 0.15) is 34.2 Å². The van der Waals surface area contributed by atoms with Crippen molar-refractivity contribution in [3.8, 4) is 0 Å². The molecule has 8 heteroatoms. The van der Waals surface area contributed by atoms with Crippen LogP contribution >= 0.6 is 0 Å². The second kappa shape index (κ2) is 8.02. The highest BCUT2D eigenvalue weighted by molar-refractivity contribution is 5.94. The Morgan fingerprint density at radius 2 is 2.04 bits per heavy atom. The number of allylic oxidation sites excluding steroid dienone is 1. The molecule has 0 aliphatic carbocycles. The molecule has 2 amide bonds. The Morgan fingerprint density at radius 1 is 1.39 bits per heavy atom. The third-order valence-electron chi connectivity index (χ3n) is 3.21. The number of primary amides is 1. The molecular formula is C15H21N3O5. The molecule has 0 saturated heterocycles. The normalized spacial score (nSPS) is 10.0. The van der Waals surface area contributed by atoms with Gasteiger partial charge in [0.15, 0.2) is 0 Å². The minimum atomic E-state index is -0.824. The second-order valence-corrected chi connectivity index (χ2v) is 4.66. The number of aromatic nitrogens is 1. The van der Waals surface area contributed by atoms with E-state index in [9.17, 15) is 14.4 Å². The van der Waals surface area contributed by atoms with Crippen molar-refractivity contribution in [3.05, 3.63) is 35.2 Å². The van der Waals surface area contributed by atoms with Gasteiger partial charge in [0, 0.05) is 0 Å². The number of carbonyl (C=O) groups excluding carboxylic acids is 3. The molecule has 23 heavy (non-hydrogen) atoms. The third kappa shape index (κ3) is 4.12. The van der Waals surface area contributed by atoms with Crippen LogP contribution in [0.3, 0.4) is 0 Å². The van der Waals surface area contributed by atoms with Crippen LogP contribution in [0.15, 0.2) is 12.7 Å². The highest BCUT2D eigenvalue weighted by Crippen LogP contribution is 2.25. The van der Waals surface area contributed by atoms with Crippen molar-refractivity contribution in [3.63, 3.8) is 0 Å². The van der Waals surface area contributed by atoms with Crippen molar-refractivity contribution in [1.29, 1.82) is 0 Å². The molecule has 0 aliphatic rings. The van der Waals surface area contributed by atoms with Gasteiger partial charge in [-0.3, -0.25) is 9.47 Å². The number of amides is 2. The predicted molar refractivity (Wildman–Crippen MR) is 83.7 cm³/mol. The lowest BCUT2D eigenvalue weighted by atomic mass is 10.0. The van der Waals surface area contributed by atoms with E-state index >= 15 is 0 Å². The molecule has 126 valence electrons. The van der Waals surface area contributed by atoms with E-state index in [0.29, 0.717) is 23.4 Å². The maximum atomic E-state index is 12.2. The van der Waals surface area contributed by atoms with Crippen LogP contribution in [0.4, 0.5) is 4.79 Å². The summed E-state index contributed by atoms with van der Waals surface area (Å²) in [5.74, 6) is -1.06. The fourth-order valence-corrected chi connectivity index (χ4v) is 2.31. The zero-order valence-corrected chi connectivity index (χ0v) is 13.5. The number of ether oxygens (including phenoxy) is 2. The van der Waals surface area contributed by atoms with Crippen LogP contribution < -0.4 is 11.2 Å². The topological polar surface area (TPSA) is 113 Å². The van der Waals surface area contributed by atoms with Gasteiger partial charge in [0.2, 0.25) is 0 Å². The maximum Gasteiger partial charge on any atom is 0.340 e. The fraction of sp³-hybridized carbons (Fsp3) is 0.400. The first-order chi connectivity index (χ1) is 10.9. The van der Waals surface area contributed by atoms with E-state index in [4.69, 9.17) is 10.5 Å². The van der Waals surface area contributed by atoms with Gasteiger partial charge in [-0.05, 0) is 25.8 Å². The summed E-state index contributed by atoms with van der Waals surface area (Å²) in [6.07, 6.45) is 1.77. The number of nitrogens with one attached hydrogen (secondary N) is 1. The summed E-state index contributed by atoms with van der Waals surface area (Å²) in [4.78, 5) is 35.1. The quantitative estimate of drug-likeness (QED) is 0.575. The number of esters is 2. The summed E-state index contributed by atoms with van der Waals surface area (Å²) in [5.41, 5.74) is 9.19. The molecule has 0 bridgehead atoms. The van der Waals surface area contributed by atoms with Crippen LogP contribution in [-0.2, 0) is 27.1 Å². The summed E-state index contributed by atoms with van der Waals surface area (Å²) < 4.78 is 11.0. The largest absolute Gasteiger partial charge is 0.469 e. The van der Waals surface area contributed by atoms with Gasteiger partial charge < -0.3 is 15.2 Å². The Bertz CT molecular complexity index is 634. The summed E-state index contributed by atoms with van der Waals surface area (Å²) in [6, 6.07) is -0.824. The van der Waals surface area contributed by atoms with Crippen molar-refractivity contribution in [2.24, 2.45) is 5.73 Å². The zero-order valence-electron chi connectivity index (χ0n) is 13.5. The van der Waals surface area contributed by atoms with Crippen molar-refractivity contribution in [2.75, 3.05) is 19.1 Å². The van der Waals surface area contributed by atoms with E-state index in [-0.39, 0.29) is 18.6 Å². The number of methoxy groups -OCH3 is 1. The number of rotatable bonds is 7. The smallest absolute Gasteiger partial charge is 0.340 e. The minimum absolute atomic E-state index is 0.139. The van der Waals surface area contributed by atoms with E-state index in [2.05, 4.69) is 16.7 Å². The first kappa shape index (κ1) is 18.3. The Hall–Kier alpha value is -2.77. The van der Waals surface area contributed by atoms with Crippen LogP contribution in [0.5, 0.6) is 0 Å². The van der Waals surface area contributed by atoms with Crippen molar-refractivity contribution >= 4 is 18.0 Å². The third-order valence-corrected chi connectivity index (χ3v) is 3.21. The Kier molecular flexibility index (Phi) is 6.37. The highest BCUT2D eigenvalue weighted by atomic mass is 16.5. The molecule has 0 aromatic carbocycles. The van der Waals surface area contributed by atoms with E-state index in [1.807, 2.05) is 0 Å². The molecule has 0 radical (unpaired) electrons. The van der Waals surface area contributed by atoms with Crippen molar-refractivity contribution < 1.29 is 23.9 Å². The molecule has 0 atom stereocenters. The fourth-order valence-electron chi connectivity index (χ4n) is 2.31. The second-order valence-electron chi connectivity index (χ2n) is 4.66. The number of carbonyl (C=O) groups is 3. The van der Waals surface area contributed by atoms with E-state index < -0.39 is 18.0 Å². The van der Waals surface area contributed by atoms with Crippen molar-refractivity contribution in [1.82, 2.24) is 4.68 Å². The monoisotopic (exact) mass is 323 g/mol. The first-order valence-corrected chi connectivity index (χ1v) is 7.01. The zero-order chi connectivity index (χ0) is 17.6. The molecule has 3 N–H and O–H groups in total. The molecule has 0 saturated carbocycles. The van der Waals surface area contributed by atoms with Gasteiger partial charge in [-0.25, -0.2) is 15.0 Å². The number of urea groups is 1. The standard InChI is InChI=1S/C15H21N3O5/c1-5-7-10-11(8-12(19)22-4)18(17-15(16)21)9(3)13(10)14(20)23-6-2/h5H,1,6-8H2,2-4H3,(H3,16,17,21). The number of hydrogen-bond donors (Lipinski definition) is 2. The van der Waals surface area contributed by atoms with Gasteiger partial charge in [0.05, 0.1) is 37.1 Å². The van der Waals surface area contributed by atoms with Crippen LogP contribution in [0.25, 0.3) is 0 Å². The molecule has 0 spiro atoms. The maximum absolute atomic E-state index is 12.2. The summed E-state index contributed by atoms with van der Waals surface area (Å²) in [5, 5.41) is 0. The molecule has 1 heterocycles. The molecule has 1 rings (SSSR count). The van der Waals surface area contributed by atoms with Crippen LogP contribution in [0.2, 0.25) is 0 Å². The molecule has 8 nitrogen and oxygen atoms in total. The van der Waals surface area contributed by atoms with Crippen LogP contribution in [-0.4, -0.2) is 36.4 Å². The molecule has 0 aliphatic heterocycles. The average Bonchev–Trinajstić information content (AvgIpc) is 2.72. The Balaban J connectivity index is 3.55. The summed E-state index contributed by atoms with van der Waals surface area (Å²) in [6.45, 7) is 7.16. The Morgan fingerprint density at radius 3 is 2.52 bits per heavy atom. The predicted octanol–water partition coefficient (Wildman–Crippen LogP) is 1.04. The van der Waals surface area contributed by atoms with Gasteiger partial charge in [0.25, 0.3) is 0 Å². The van der Waals surface area contributed by atoms with Crippen molar-refractivity contribution in [2.45, 2.75) is 26.7 Å². The first-order valence-electron chi connectivity index (χ1n) is 7.01. The Labute approximate surface area is 134 Å². The lowest BCUT2D eigenvalue weighted by molar-refractivity contribution is -0.139. The summed E-state index contributed by atoms with van der Waals surface area (Å²) in [7, 11) is 1.25. The molecular weight excluding hydrogens is 302 g/mol. The van der Waals surface area contributed by atoms with Gasteiger partial charge in [-0.2, -0.15) is 0 Å². The lowest BCUT2D eigenvalue weighted by Gasteiger charge is -2.11. The SMILES string of the molecule is C=CCc1c(C(=O)OCC)c(C)n(NC(N)=O)c1CC(=O)OC. The lowest BCUT2D eigenvalue weighted by Crippen LogP contribution is -2.31. The highest BCUT2D eigenvalue weighted by Gasteiger charge is 2.27. The van der Waals surface area contributed by atoms with Gasteiger partial charge in [-0.1, -0.05) is 6.08 Å². The molecule has 0 fully saturated rings. The van der Waals surface area contributed by atoms with Gasteiger partial charge >= 0.3 is 18.0 Å². The van der Waals surface area contributed by atoms with E-state index in [1.165, 1.54) is 11.8 Å². The summed E-state index contributed by atoms with van der Waals surface area (Å²) >= 11 is 0. The number of hydrogen-bond acceptors (Lipinski definition) is 5. The van der Waals surface area contributed by atoms with E-state index in [0.717, 1.165) is 0 Å². The van der Waals surface area contributed by atoms with Gasteiger partial charge in [0.1, 0.15) is 0 Å². The molecule has 1 aromatic rings. The number of nitrogens with two attached hydrogens (primary N) is 1. The molecule has 0 unspecified atom stereocenters. The van der Waals surface area contributed by atoms with Crippen LogP contribution in [0, 0.1) is 6.92 Å².